The third-order valence-electron chi connectivity index (χ3n) is 2.24. The van der Waals surface area contributed by atoms with E-state index >= 15 is 0 Å². The van der Waals surface area contributed by atoms with Crippen LogP contribution in [-0.2, 0) is 0 Å². The second kappa shape index (κ2) is 4.85. The molecule has 0 bridgehead atoms. The van der Waals surface area contributed by atoms with Crippen LogP contribution in [0.2, 0.25) is 0 Å². The summed E-state index contributed by atoms with van der Waals surface area (Å²) in [6, 6.07) is 4.09. The molecule has 0 radical (unpaired) electrons. The van der Waals surface area contributed by atoms with Crippen LogP contribution in [0.15, 0.2) is 29.0 Å². The third kappa shape index (κ3) is 2.48. The van der Waals surface area contributed by atoms with E-state index in [1.165, 1.54) is 41.7 Å². The van der Waals surface area contributed by atoms with Gasteiger partial charge in [0.25, 0.3) is 0 Å². The van der Waals surface area contributed by atoms with Gasteiger partial charge in [-0.15, -0.1) is 23.5 Å². The van der Waals surface area contributed by atoms with Crippen molar-refractivity contribution in [2.24, 2.45) is 0 Å². The van der Waals surface area contributed by atoms with E-state index in [0.29, 0.717) is 5.56 Å². The largest absolute Gasteiger partial charge is 0.478 e. The van der Waals surface area contributed by atoms with Gasteiger partial charge in [-0.05, 0) is 34.6 Å². The Morgan fingerprint density at radius 3 is 2.24 bits per heavy atom. The van der Waals surface area contributed by atoms with Gasteiger partial charge in [-0.3, -0.25) is 0 Å². The number of hydrogen-bond donors (Lipinski definition) is 2. The first-order valence-corrected chi connectivity index (χ1v) is 6.54. The maximum atomic E-state index is 11.1. The molecule has 0 unspecified atom stereocenters. The standard InChI is InChI=1S/C11H8O4S2/c12-9(13)6-1-2-7(10(14)15)8(5-6)11-16-3-4-17-11/h1-5,11H,(H,12,13)(H,14,15). The summed E-state index contributed by atoms with van der Waals surface area (Å²) < 4.78 is -0.0830. The Bertz CT molecular complexity index is 502. The molecule has 0 fully saturated rings. The Balaban J connectivity index is 2.47. The molecule has 0 aliphatic carbocycles. The van der Waals surface area contributed by atoms with Crippen LogP contribution in [0.3, 0.4) is 0 Å². The van der Waals surface area contributed by atoms with Crippen LogP contribution in [0, 0.1) is 0 Å². The zero-order chi connectivity index (χ0) is 12.4. The van der Waals surface area contributed by atoms with Crippen LogP contribution in [-0.4, -0.2) is 22.2 Å². The summed E-state index contributed by atoms with van der Waals surface area (Å²) in [5, 5.41) is 21.7. The zero-order valence-electron chi connectivity index (χ0n) is 8.49. The van der Waals surface area contributed by atoms with Gasteiger partial charge in [-0.2, -0.15) is 0 Å². The molecule has 0 saturated carbocycles. The zero-order valence-corrected chi connectivity index (χ0v) is 10.1. The molecule has 0 spiro atoms. The first-order chi connectivity index (χ1) is 8.09. The van der Waals surface area contributed by atoms with Gasteiger partial charge in [0.1, 0.15) is 0 Å². The Kier molecular flexibility index (Phi) is 3.44. The number of carboxylic acids is 2. The molecule has 4 nitrogen and oxygen atoms in total. The highest BCUT2D eigenvalue weighted by Gasteiger charge is 2.22. The second-order valence-corrected chi connectivity index (χ2v) is 5.62. The number of rotatable bonds is 3. The lowest BCUT2D eigenvalue weighted by Gasteiger charge is -2.12. The molecule has 17 heavy (non-hydrogen) atoms. The number of carbonyl (C=O) groups is 2. The lowest BCUT2D eigenvalue weighted by molar-refractivity contribution is 0.0680. The molecule has 1 aromatic carbocycles. The van der Waals surface area contributed by atoms with E-state index in [-0.39, 0.29) is 15.7 Å². The Labute approximate surface area is 106 Å². The molecule has 1 aromatic rings. The Hall–Kier alpha value is -1.40. The minimum Gasteiger partial charge on any atom is -0.478 e. The highest BCUT2D eigenvalue weighted by molar-refractivity contribution is 8.21. The van der Waals surface area contributed by atoms with Crippen molar-refractivity contribution in [2.75, 3.05) is 0 Å². The average molecular weight is 268 g/mol. The highest BCUT2D eigenvalue weighted by Crippen LogP contribution is 2.47. The van der Waals surface area contributed by atoms with E-state index < -0.39 is 11.9 Å². The molecular formula is C11H8O4S2. The highest BCUT2D eigenvalue weighted by atomic mass is 32.2. The van der Waals surface area contributed by atoms with Gasteiger partial charge in [0, 0.05) is 0 Å². The molecule has 1 heterocycles. The maximum Gasteiger partial charge on any atom is 0.336 e. The van der Waals surface area contributed by atoms with E-state index in [1.54, 1.807) is 0 Å². The fraction of sp³-hybridized carbons (Fsp3) is 0.0909. The Morgan fingerprint density at radius 1 is 1.06 bits per heavy atom. The van der Waals surface area contributed by atoms with E-state index in [1.807, 2.05) is 10.8 Å². The first kappa shape index (κ1) is 12.1. The van der Waals surface area contributed by atoms with Gasteiger partial charge in [-0.25, -0.2) is 9.59 Å². The summed E-state index contributed by atoms with van der Waals surface area (Å²) in [5.41, 5.74) is 0.805. The lowest BCUT2D eigenvalue weighted by atomic mass is 10.1. The lowest BCUT2D eigenvalue weighted by Crippen LogP contribution is -2.06. The van der Waals surface area contributed by atoms with Crippen molar-refractivity contribution >= 4 is 35.5 Å². The van der Waals surface area contributed by atoms with Crippen molar-refractivity contribution in [1.29, 1.82) is 0 Å². The van der Waals surface area contributed by atoms with Gasteiger partial charge in [0.2, 0.25) is 0 Å². The summed E-state index contributed by atoms with van der Waals surface area (Å²) in [6.07, 6.45) is 0. The van der Waals surface area contributed by atoms with Crippen molar-refractivity contribution in [3.05, 3.63) is 45.7 Å². The molecule has 0 amide bonds. The summed E-state index contributed by atoms with van der Waals surface area (Å²) >= 11 is 2.95. The number of hydrogen-bond acceptors (Lipinski definition) is 4. The SMILES string of the molecule is O=C(O)c1ccc(C(=O)O)c(C2SC=CS2)c1. The number of carboxylic acid groups (broad SMARTS) is 2. The fourth-order valence-electron chi connectivity index (χ4n) is 1.47. The van der Waals surface area contributed by atoms with Crippen molar-refractivity contribution < 1.29 is 19.8 Å². The molecule has 0 atom stereocenters. The van der Waals surface area contributed by atoms with E-state index in [2.05, 4.69) is 0 Å². The van der Waals surface area contributed by atoms with Gasteiger partial charge >= 0.3 is 11.9 Å². The van der Waals surface area contributed by atoms with Gasteiger partial charge < -0.3 is 10.2 Å². The third-order valence-corrected chi connectivity index (χ3v) is 4.67. The summed E-state index contributed by atoms with van der Waals surface area (Å²) in [4.78, 5) is 21.9. The van der Waals surface area contributed by atoms with Crippen LogP contribution in [0.1, 0.15) is 30.9 Å². The van der Waals surface area contributed by atoms with Crippen LogP contribution < -0.4 is 0 Å². The van der Waals surface area contributed by atoms with Gasteiger partial charge in [-0.1, -0.05) is 0 Å². The first-order valence-electron chi connectivity index (χ1n) is 4.66. The monoisotopic (exact) mass is 268 g/mol. The number of thioether (sulfide) groups is 2. The summed E-state index contributed by atoms with van der Waals surface area (Å²) in [6.45, 7) is 0. The topological polar surface area (TPSA) is 74.6 Å². The normalized spacial score (nSPS) is 15.1. The average Bonchev–Trinajstić information content (AvgIpc) is 2.81. The minimum atomic E-state index is -1.05. The van der Waals surface area contributed by atoms with Crippen molar-refractivity contribution in [2.45, 2.75) is 4.58 Å². The molecule has 0 saturated heterocycles. The summed E-state index contributed by atoms with van der Waals surface area (Å²) in [5.74, 6) is -2.09. The van der Waals surface area contributed by atoms with E-state index in [4.69, 9.17) is 10.2 Å². The van der Waals surface area contributed by atoms with E-state index in [0.717, 1.165) is 0 Å². The van der Waals surface area contributed by atoms with Crippen LogP contribution in [0.4, 0.5) is 0 Å². The second-order valence-electron chi connectivity index (χ2n) is 3.29. The predicted molar refractivity (Wildman–Crippen MR) is 67.4 cm³/mol. The molecule has 1 aliphatic rings. The molecule has 2 rings (SSSR count). The molecule has 6 heteroatoms. The maximum absolute atomic E-state index is 11.1. The van der Waals surface area contributed by atoms with Crippen molar-refractivity contribution in [1.82, 2.24) is 0 Å². The Morgan fingerprint density at radius 2 is 1.71 bits per heavy atom. The summed E-state index contributed by atoms with van der Waals surface area (Å²) in [7, 11) is 0. The smallest absolute Gasteiger partial charge is 0.336 e. The number of aromatic carboxylic acids is 2. The quantitative estimate of drug-likeness (QED) is 0.877. The molecule has 88 valence electrons. The van der Waals surface area contributed by atoms with E-state index in [9.17, 15) is 9.59 Å². The van der Waals surface area contributed by atoms with Gasteiger partial charge in [0.05, 0.1) is 15.7 Å². The predicted octanol–water partition coefficient (Wildman–Crippen LogP) is 3.03. The number of benzene rings is 1. The van der Waals surface area contributed by atoms with Crippen molar-refractivity contribution in [3.63, 3.8) is 0 Å². The minimum absolute atomic E-state index is 0.0830. The van der Waals surface area contributed by atoms with Gasteiger partial charge in [0.15, 0.2) is 0 Å². The van der Waals surface area contributed by atoms with Crippen LogP contribution >= 0.6 is 23.5 Å². The van der Waals surface area contributed by atoms with Crippen molar-refractivity contribution in [3.8, 4) is 0 Å². The fourth-order valence-corrected chi connectivity index (χ4v) is 3.59. The van der Waals surface area contributed by atoms with Crippen LogP contribution in [0.5, 0.6) is 0 Å². The molecule has 2 N–H and O–H groups in total. The molecular weight excluding hydrogens is 260 g/mol. The molecule has 1 aliphatic heterocycles. The van der Waals surface area contributed by atoms with Crippen LogP contribution in [0.25, 0.3) is 0 Å². The molecule has 0 aromatic heterocycles.